The second-order valence-electron chi connectivity index (χ2n) is 4.86. The van der Waals surface area contributed by atoms with E-state index in [0.29, 0.717) is 11.8 Å². The van der Waals surface area contributed by atoms with Crippen LogP contribution < -0.4 is 0 Å². The van der Waals surface area contributed by atoms with Crippen molar-refractivity contribution in [1.29, 1.82) is 0 Å². The molecular weight excluding hydrogens is 358 g/mol. The van der Waals surface area contributed by atoms with Crippen molar-refractivity contribution < 1.29 is 47.5 Å². The van der Waals surface area contributed by atoms with Gasteiger partial charge in [-0.05, 0) is 6.92 Å². The smallest absolute Gasteiger partial charge is 0.394 e. The maximum atomic E-state index is 10.5. The van der Waals surface area contributed by atoms with Crippen molar-refractivity contribution in [2.75, 3.05) is 6.61 Å². The number of oxime groups is 1. The Morgan fingerprint density at radius 3 is 2.39 bits per heavy atom. The minimum Gasteiger partial charge on any atom is -0.394 e. The molecule has 11 nitrogen and oxygen atoms in total. The van der Waals surface area contributed by atoms with Crippen molar-refractivity contribution in [3.63, 3.8) is 0 Å². The molecule has 0 saturated carbocycles. The SMILES string of the molecule is C[C@H](O)C/C(=N\OS(=O)(=O)O)S[C@H]1O[C@H](CO)[C@H](O)[C@H](O)[C@H]1O. The van der Waals surface area contributed by atoms with Gasteiger partial charge in [0, 0.05) is 6.42 Å². The summed E-state index contributed by atoms with van der Waals surface area (Å²) in [6.07, 6.45) is -7.05. The van der Waals surface area contributed by atoms with E-state index in [2.05, 4.69) is 9.44 Å². The van der Waals surface area contributed by atoms with E-state index < -0.39 is 53.0 Å². The van der Waals surface area contributed by atoms with Crippen molar-refractivity contribution in [2.45, 2.75) is 49.3 Å². The summed E-state index contributed by atoms with van der Waals surface area (Å²) in [7, 11) is -4.86. The third-order valence-corrected chi connectivity index (χ3v) is 4.20. The van der Waals surface area contributed by atoms with E-state index in [-0.39, 0.29) is 11.5 Å². The molecule has 0 aromatic heterocycles. The number of hydrogen-bond donors (Lipinski definition) is 6. The van der Waals surface area contributed by atoms with E-state index >= 15 is 0 Å². The van der Waals surface area contributed by atoms with Crippen LogP contribution >= 0.6 is 11.8 Å². The highest BCUT2D eigenvalue weighted by Gasteiger charge is 2.44. The van der Waals surface area contributed by atoms with Gasteiger partial charge in [-0.3, -0.25) is 4.55 Å². The van der Waals surface area contributed by atoms with Gasteiger partial charge < -0.3 is 30.3 Å². The van der Waals surface area contributed by atoms with Crippen LogP contribution in [0.25, 0.3) is 0 Å². The van der Waals surface area contributed by atoms with Gasteiger partial charge in [0.2, 0.25) is 0 Å². The summed E-state index contributed by atoms with van der Waals surface area (Å²) in [5.41, 5.74) is -1.23. The molecule has 0 bridgehead atoms. The Morgan fingerprint density at radius 2 is 1.91 bits per heavy atom. The van der Waals surface area contributed by atoms with E-state index in [1.54, 1.807) is 0 Å². The first kappa shape index (κ1) is 20.5. The van der Waals surface area contributed by atoms with E-state index in [4.69, 9.17) is 14.4 Å². The number of aliphatic hydroxyl groups is 5. The summed E-state index contributed by atoms with van der Waals surface area (Å²) in [5.74, 6) is 0. The summed E-state index contributed by atoms with van der Waals surface area (Å²) in [5, 5.41) is 50.6. The number of ether oxygens (including phenoxy) is 1. The van der Waals surface area contributed by atoms with E-state index in [1.807, 2.05) is 0 Å². The van der Waals surface area contributed by atoms with Crippen LogP contribution in [-0.2, 0) is 19.4 Å². The first-order chi connectivity index (χ1) is 10.5. The molecule has 23 heavy (non-hydrogen) atoms. The summed E-state index contributed by atoms with van der Waals surface area (Å²) in [6, 6.07) is 0. The molecule has 1 fully saturated rings. The van der Waals surface area contributed by atoms with Crippen LogP contribution in [-0.4, -0.2) is 86.1 Å². The summed E-state index contributed by atoms with van der Waals surface area (Å²) < 4.78 is 38.6. The lowest BCUT2D eigenvalue weighted by atomic mass is 10.0. The lowest BCUT2D eigenvalue weighted by Gasteiger charge is -2.39. The topological polar surface area (TPSA) is 186 Å². The average Bonchev–Trinajstić information content (AvgIpc) is 2.44. The molecule has 6 N–H and O–H groups in total. The Morgan fingerprint density at radius 1 is 1.30 bits per heavy atom. The van der Waals surface area contributed by atoms with Crippen LogP contribution in [0.1, 0.15) is 13.3 Å². The lowest BCUT2D eigenvalue weighted by Crippen LogP contribution is -2.57. The third kappa shape index (κ3) is 6.48. The molecule has 1 aliphatic rings. The Balaban J connectivity index is 2.88. The Labute approximate surface area is 136 Å². The Bertz CT molecular complexity index is 508. The number of rotatable bonds is 6. The van der Waals surface area contributed by atoms with E-state index in [0.717, 1.165) is 0 Å². The number of nitrogens with zero attached hydrogens (tertiary/aromatic N) is 1. The number of thioether (sulfide) groups is 1. The molecular formula is C10H19NO10S2. The van der Waals surface area contributed by atoms with Crippen molar-refractivity contribution in [3.05, 3.63) is 0 Å². The zero-order valence-electron chi connectivity index (χ0n) is 12.0. The van der Waals surface area contributed by atoms with Crippen LogP contribution in [0.5, 0.6) is 0 Å². The van der Waals surface area contributed by atoms with Gasteiger partial charge >= 0.3 is 10.4 Å². The van der Waals surface area contributed by atoms with Gasteiger partial charge in [-0.15, -0.1) is 0 Å². The summed E-state index contributed by atoms with van der Waals surface area (Å²) in [4.78, 5) is 0. The minimum absolute atomic E-state index is 0.165. The molecule has 136 valence electrons. The minimum atomic E-state index is -4.86. The summed E-state index contributed by atoms with van der Waals surface area (Å²) in [6.45, 7) is 0.739. The molecule has 6 atom stereocenters. The molecule has 0 radical (unpaired) electrons. The third-order valence-electron chi connectivity index (χ3n) is 2.80. The van der Waals surface area contributed by atoms with E-state index in [1.165, 1.54) is 6.92 Å². The van der Waals surface area contributed by atoms with Crippen LogP contribution in [0.4, 0.5) is 0 Å². The molecule has 0 unspecified atom stereocenters. The van der Waals surface area contributed by atoms with Gasteiger partial charge in [0.1, 0.15) is 34.9 Å². The molecule has 0 spiro atoms. The highest BCUT2D eigenvalue weighted by Crippen LogP contribution is 2.30. The summed E-state index contributed by atoms with van der Waals surface area (Å²) >= 11 is 0.603. The lowest BCUT2D eigenvalue weighted by molar-refractivity contribution is -0.205. The van der Waals surface area contributed by atoms with Crippen LogP contribution in [0.2, 0.25) is 0 Å². The second-order valence-corrected chi connectivity index (χ2v) is 7.03. The number of aliphatic hydroxyl groups excluding tert-OH is 5. The van der Waals surface area contributed by atoms with Gasteiger partial charge in [-0.25, -0.2) is 4.28 Å². The zero-order chi connectivity index (χ0) is 17.8. The molecule has 1 aliphatic heterocycles. The molecule has 1 rings (SSSR count). The van der Waals surface area contributed by atoms with Gasteiger partial charge in [-0.2, -0.15) is 8.42 Å². The molecule has 1 heterocycles. The van der Waals surface area contributed by atoms with Crippen molar-refractivity contribution in [2.24, 2.45) is 5.16 Å². The van der Waals surface area contributed by atoms with Gasteiger partial charge in [-0.1, -0.05) is 16.9 Å². The predicted molar refractivity (Wildman–Crippen MR) is 77.7 cm³/mol. The monoisotopic (exact) mass is 377 g/mol. The molecule has 0 aliphatic carbocycles. The Kier molecular flexibility index (Phi) is 7.63. The maximum absolute atomic E-state index is 10.5. The fraction of sp³-hybridized carbons (Fsp3) is 0.900. The fourth-order valence-corrected chi connectivity index (χ4v) is 3.16. The highest BCUT2D eigenvalue weighted by atomic mass is 32.3. The maximum Gasteiger partial charge on any atom is 0.466 e. The van der Waals surface area contributed by atoms with Gasteiger partial charge in [0.05, 0.1) is 12.7 Å². The van der Waals surface area contributed by atoms with Gasteiger partial charge in [0.25, 0.3) is 0 Å². The number of hydrogen-bond acceptors (Lipinski definition) is 11. The predicted octanol–water partition coefficient (Wildman–Crippen LogP) is -2.58. The fourth-order valence-electron chi connectivity index (χ4n) is 1.75. The molecule has 0 aromatic carbocycles. The normalized spacial score (nSPS) is 34.2. The van der Waals surface area contributed by atoms with Crippen LogP contribution in [0, 0.1) is 0 Å². The van der Waals surface area contributed by atoms with Crippen molar-refractivity contribution in [3.8, 4) is 0 Å². The van der Waals surface area contributed by atoms with Gasteiger partial charge in [0.15, 0.2) is 0 Å². The first-order valence-electron chi connectivity index (χ1n) is 6.43. The second kappa shape index (κ2) is 8.55. The molecule has 1 saturated heterocycles. The van der Waals surface area contributed by atoms with Crippen LogP contribution in [0.15, 0.2) is 5.16 Å². The van der Waals surface area contributed by atoms with Crippen molar-refractivity contribution in [1.82, 2.24) is 0 Å². The molecule has 0 aromatic rings. The molecule has 0 amide bonds. The zero-order valence-corrected chi connectivity index (χ0v) is 13.6. The Hall–Kier alpha value is -0.510. The van der Waals surface area contributed by atoms with Crippen molar-refractivity contribution >= 4 is 27.2 Å². The molecule has 13 heteroatoms. The highest BCUT2D eigenvalue weighted by molar-refractivity contribution is 8.14. The largest absolute Gasteiger partial charge is 0.466 e. The average molecular weight is 377 g/mol. The van der Waals surface area contributed by atoms with E-state index in [9.17, 15) is 28.8 Å². The standard InChI is InChI=1S/C10H19NO10S2/c1-4(13)2-6(11-21-23(17,18)19)22-10-9(16)8(15)7(14)5(3-12)20-10/h4-5,7-10,12-16H,2-3H2,1H3,(H,17,18,19)/b11-6+/t4-,5+,7-,8-,9+,10+/m0/s1. The van der Waals surface area contributed by atoms with Crippen LogP contribution in [0.3, 0.4) is 0 Å². The quantitative estimate of drug-likeness (QED) is 0.123. The first-order valence-corrected chi connectivity index (χ1v) is 8.67.